The summed E-state index contributed by atoms with van der Waals surface area (Å²) in [5.41, 5.74) is 0. The molecule has 0 fully saturated rings. The molecule has 78 heavy (non-hydrogen) atoms. The number of hydrogen-bond acceptors (Lipinski definition) is 7. The van der Waals surface area contributed by atoms with Gasteiger partial charge in [0, 0.05) is 12.8 Å². The molecule has 0 saturated heterocycles. The number of likely N-dealkylation sites (N-methyl/N-ethyl adjacent to an activating group) is 1. The topological polar surface area (TPSA) is 114 Å². The Labute approximate surface area is 482 Å². The Morgan fingerprint density at radius 1 is 0.462 bits per heavy atom. The number of phosphoric ester groups is 1. The van der Waals surface area contributed by atoms with Gasteiger partial charge in [-0.05, 0) is 102 Å². The predicted molar refractivity (Wildman–Crippen MR) is 335 cm³/mol. The zero-order valence-electron chi connectivity index (χ0n) is 51.6. The molecular formula is C68H123N2O7P. The lowest BCUT2D eigenvalue weighted by atomic mass is 10.0. The Kier molecular flexibility index (Phi) is 55.4. The van der Waals surface area contributed by atoms with Gasteiger partial charge in [0.2, 0.25) is 5.91 Å². The number of carbonyl (C=O) groups is 2. The van der Waals surface area contributed by atoms with Crippen LogP contribution in [-0.2, 0) is 27.9 Å². The average Bonchev–Trinajstić information content (AvgIpc) is 3.40. The lowest BCUT2D eigenvalue weighted by Gasteiger charge is -2.30. The third kappa shape index (κ3) is 57.9. The maximum absolute atomic E-state index is 13.6. The smallest absolute Gasteiger partial charge is 0.306 e. The maximum atomic E-state index is 13.6. The summed E-state index contributed by atoms with van der Waals surface area (Å²) < 4.78 is 30.3. The standard InChI is InChI=1S/C68H123N2O7P/c1-7-10-13-16-19-22-25-28-30-31-32-33-34-35-36-37-38-39-40-42-45-48-51-54-57-60-67(71)69-65(64-76-78(73,74)75-63-62-70(4,5)6)66(59-56-53-50-47-44-41-27-24-21-18-15-12-9-3)77-68(72)61-58-55-52-49-46-43-29-26-23-20-17-14-11-8-2/h11,14,19-20,22-23,28,30,32-33,35-36,56,59,65-66H,7-10,12-13,15-18,21,24-27,29,31,34,37-55,57-58,60-64H2,1-6H3,(H-,69,71,73,74)/b14-11+,22-19-,23-20+,30-28-,33-32-,36-35-,59-56-. The van der Waals surface area contributed by atoms with Crippen molar-refractivity contribution >= 4 is 19.7 Å². The van der Waals surface area contributed by atoms with E-state index in [9.17, 15) is 19.0 Å². The SMILES string of the molecule is CC/C=C/C/C=C/CCCCCCCCCC(=O)OC(/C=C\CCCCCCCCCCCCC)C(COP(=O)([O-])OCC[N+](C)(C)C)NC(=O)CCCCCCCCCCC/C=C\C/C=C\C/C=C\C/C=C\CCCCC. The van der Waals surface area contributed by atoms with Crippen LogP contribution in [0.4, 0.5) is 0 Å². The third-order valence-corrected chi connectivity index (χ3v) is 15.0. The van der Waals surface area contributed by atoms with Gasteiger partial charge in [-0.2, -0.15) is 0 Å². The molecule has 0 aliphatic carbocycles. The lowest BCUT2D eigenvalue weighted by Crippen LogP contribution is -2.47. The van der Waals surface area contributed by atoms with Crippen molar-refractivity contribution in [3.8, 4) is 0 Å². The van der Waals surface area contributed by atoms with Gasteiger partial charge in [-0.1, -0.05) is 254 Å². The molecule has 3 atom stereocenters. The molecular weight excluding hydrogens is 988 g/mol. The number of quaternary nitrogens is 1. The molecule has 1 amide bonds. The second kappa shape index (κ2) is 57.4. The Morgan fingerprint density at radius 3 is 1.26 bits per heavy atom. The molecule has 3 unspecified atom stereocenters. The number of carbonyl (C=O) groups excluding carboxylic acids is 2. The van der Waals surface area contributed by atoms with Crippen LogP contribution >= 0.6 is 7.82 Å². The first-order valence-corrected chi connectivity index (χ1v) is 33.9. The fourth-order valence-electron chi connectivity index (χ4n) is 9.07. The number of nitrogens with zero attached hydrogens (tertiary/aromatic N) is 1. The van der Waals surface area contributed by atoms with E-state index in [2.05, 4.69) is 99.0 Å². The predicted octanol–water partition coefficient (Wildman–Crippen LogP) is 19.5. The van der Waals surface area contributed by atoms with Gasteiger partial charge in [-0.15, -0.1) is 0 Å². The number of phosphoric acid groups is 1. The van der Waals surface area contributed by atoms with E-state index in [1.54, 1.807) is 0 Å². The molecule has 452 valence electrons. The largest absolute Gasteiger partial charge is 0.756 e. The first-order valence-electron chi connectivity index (χ1n) is 32.4. The minimum Gasteiger partial charge on any atom is -0.756 e. The highest BCUT2D eigenvalue weighted by Gasteiger charge is 2.27. The van der Waals surface area contributed by atoms with Gasteiger partial charge in [0.25, 0.3) is 7.82 Å². The Hall–Kier alpha value is -2.81. The van der Waals surface area contributed by atoms with Crippen LogP contribution in [0, 0.1) is 0 Å². The monoisotopic (exact) mass is 1110 g/mol. The summed E-state index contributed by atoms with van der Waals surface area (Å²) in [7, 11) is 1.17. The van der Waals surface area contributed by atoms with Gasteiger partial charge in [-0.3, -0.25) is 14.2 Å². The molecule has 0 spiro atoms. The number of hydrogen-bond donors (Lipinski definition) is 1. The summed E-state index contributed by atoms with van der Waals surface area (Å²) in [6, 6.07) is -0.899. The van der Waals surface area contributed by atoms with E-state index in [0.29, 0.717) is 17.4 Å². The molecule has 0 aromatic heterocycles. The zero-order valence-corrected chi connectivity index (χ0v) is 52.5. The van der Waals surface area contributed by atoms with Crippen molar-refractivity contribution in [2.75, 3.05) is 40.9 Å². The highest BCUT2D eigenvalue weighted by molar-refractivity contribution is 7.45. The summed E-state index contributed by atoms with van der Waals surface area (Å²) in [4.78, 5) is 40.0. The van der Waals surface area contributed by atoms with Crippen molar-refractivity contribution in [3.63, 3.8) is 0 Å². The number of rotatable bonds is 58. The molecule has 0 radical (unpaired) electrons. The fourth-order valence-corrected chi connectivity index (χ4v) is 9.80. The first-order chi connectivity index (χ1) is 37.9. The molecule has 0 saturated carbocycles. The molecule has 9 nitrogen and oxygen atoms in total. The number of nitrogens with one attached hydrogen (secondary N) is 1. The molecule has 10 heteroatoms. The Bertz CT molecular complexity index is 1610. The van der Waals surface area contributed by atoms with Crippen molar-refractivity contribution < 1.29 is 37.3 Å². The second-order valence-electron chi connectivity index (χ2n) is 22.9. The number of ether oxygens (including phenoxy) is 1. The van der Waals surface area contributed by atoms with E-state index in [-0.39, 0.29) is 24.9 Å². The fraction of sp³-hybridized carbons (Fsp3) is 0.765. The summed E-state index contributed by atoms with van der Waals surface area (Å²) in [5, 5.41) is 3.03. The van der Waals surface area contributed by atoms with Crippen LogP contribution in [0.2, 0.25) is 0 Å². The number of esters is 1. The summed E-state index contributed by atoms with van der Waals surface area (Å²) >= 11 is 0. The molecule has 0 aromatic rings. The van der Waals surface area contributed by atoms with Crippen LogP contribution in [-0.4, -0.2) is 69.4 Å². The minimum absolute atomic E-state index is 0.0279. The van der Waals surface area contributed by atoms with E-state index in [1.165, 1.54) is 135 Å². The van der Waals surface area contributed by atoms with E-state index in [0.717, 1.165) is 116 Å². The quantitative estimate of drug-likeness (QED) is 0.0212. The van der Waals surface area contributed by atoms with Gasteiger partial charge in [0.15, 0.2) is 0 Å². The van der Waals surface area contributed by atoms with Crippen LogP contribution in [0.1, 0.15) is 284 Å². The Morgan fingerprint density at radius 2 is 0.821 bits per heavy atom. The van der Waals surface area contributed by atoms with E-state index < -0.39 is 26.6 Å². The third-order valence-electron chi connectivity index (χ3n) is 14.1. The number of unbranched alkanes of at least 4 members (excludes halogenated alkanes) is 30. The van der Waals surface area contributed by atoms with Crippen LogP contribution < -0.4 is 10.2 Å². The van der Waals surface area contributed by atoms with Crippen molar-refractivity contribution in [1.29, 1.82) is 0 Å². The van der Waals surface area contributed by atoms with Crippen molar-refractivity contribution in [1.82, 2.24) is 5.32 Å². The molecule has 0 heterocycles. The van der Waals surface area contributed by atoms with Gasteiger partial charge in [0.05, 0.1) is 33.8 Å². The Balaban J connectivity index is 5.17. The van der Waals surface area contributed by atoms with Gasteiger partial charge < -0.3 is 28.5 Å². The van der Waals surface area contributed by atoms with Gasteiger partial charge in [0.1, 0.15) is 19.3 Å². The van der Waals surface area contributed by atoms with E-state index >= 15 is 0 Å². The minimum atomic E-state index is -4.71. The normalized spacial score (nSPS) is 14.2. The van der Waals surface area contributed by atoms with Gasteiger partial charge in [-0.25, -0.2) is 0 Å². The second-order valence-corrected chi connectivity index (χ2v) is 24.3. The maximum Gasteiger partial charge on any atom is 0.306 e. The molecule has 0 aliphatic rings. The molecule has 0 bridgehead atoms. The van der Waals surface area contributed by atoms with Gasteiger partial charge >= 0.3 is 5.97 Å². The van der Waals surface area contributed by atoms with Crippen LogP contribution in [0.25, 0.3) is 0 Å². The van der Waals surface area contributed by atoms with Crippen molar-refractivity contribution in [3.05, 3.63) is 85.1 Å². The summed E-state index contributed by atoms with van der Waals surface area (Å²) in [5.74, 6) is -0.556. The number of allylic oxidation sites excluding steroid dienone is 13. The van der Waals surface area contributed by atoms with Crippen LogP contribution in [0.5, 0.6) is 0 Å². The molecule has 1 N–H and O–H groups in total. The number of amides is 1. The molecule has 0 aromatic carbocycles. The van der Waals surface area contributed by atoms with Crippen molar-refractivity contribution in [2.24, 2.45) is 0 Å². The molecule has 0 rings (SSSR count). The lowest BCUT2D eigenvalue weighted by molar-refractivity contribution is -0.870. The zero-order chi connectivity index (χ0) is 57.2. The van der Waals surface area contributed by atoms with E-state index in [4.69, 9.17) is 13.8 Å². The summed E-state index contributed by atoms with van der Waals surface area (Å²) in [6.07, 6.45) is 75.5. The highest BCUT2D eigenvalue weighted by Crippen LogP contribution is 2.38. The van der Waals surface area contributed by atoms with Crippen LogP contribution in [0.3, 0.4) is 0 Å². The average molecular weight is 1110 g/mol. The summed E-state index contributed by atoms with van der Waals surface area (Å²) in [6.45, 7) is 6.71. The van der Waals surface area contributed by atoms with E-state index in [1.807, 2.05) is 33.3 Å². The molecule has 0 aliphatic heterocycles. The highest BCUT2D eigenvalue weighted by atomic mass is 31.2. The van der Waals surface area contributed by atoms with Crippen molar-refractivity contribution in [2.45, 2.75) is 296 Å². The first kappa shape index (κ1) is 75.2. The van der Waals surface area contributed by atoms with Crippen LogP contribution in [0.15, 0.2) is 85.1 Å².